The summed E-state index contributed by atoms with van der Waals surface area (Å²) in [5.41, 5.74) is 4.46. The first-order valence-corrected chi connectivity index (χ1v) is 11.2. The molecule has 1 aliphatic rings. The molecular weight excluding hydrogens is 434 g/mol. The van der Waals surface area contributed by atoms with Crippen LogP contribution in [0.25, 0.3) is 11.0 Å². The van der Waals surface area contributed by atoms with Crippen molar-refractivity contribution in [3.8, 4) is 11.5 Å². The van der Waals surface area contributed by atoms with Crippen LogP contribution in [0.3, 0.4) is 0 Å². The first-order chi connectivity index (χ1) is 16.3. The quantitative estimate of drug-likeness (QED) is 0.493. The monoisotopic (exact) mass is 461 g/mol. The maximum atomic E-state index is 13.2. The SMILES string of the molecule is CNC(=O)c1c(C)cc2cc(Oc3ccnn4cc(C(=O)N5C[C@@H](OC)[C@H]5C)c(C)c34)ccn12. The van der Waals surface area contributed by atoms with Crippen molar-refractivity contribution in [3.05, 3.63) is 65.2 Å². The van der Waals surface area contributed by atoms with Gasteiger partial charge in [-0.25, -0.2) is 4.52 Å². The molecule has 9 nitrogen and oxygen atoms in total. The Labute approximate surface area is 196 Å². The highest BCUT2D eigenvalue weighted by molar-refractivity contribution is 5.99. The molecule has 34 heavy (non-hydrogen) atoms. The molecule has 4 aromatic heterocycles. The second-order valence-electron chi connectivity index (χ2n) is 8.64. The van der Waals surface area contributed by atoms with Gasteiger partial charge in [0.25, 0.3) is 11.8 Å². The lowest BCUT2D eigenvalue weighted by atomic mass is 9.99. The van der Waals surface area contributed by atoms with Crippen LogP contribution in [0.4, 0.5) is 0 Å². The van der Waals surface area contributed by atoms with E-state index in [2.05, 4.69) is 10.4 Å². The summed E-state index contributed by atoms with van der Waals surface area (Å²) >= 11 is 0. The number of aromatic nitrogens is 3. The summed E-state index contributed by atoms with van der Waals surface area (Å²) < 4.78 is 15.2. The van der Waals surface area contributed by atoms with Gasteiger partial charge in [-0.05, 0) is 44.0 Å². The van der Waals surface area contributed by atoms with Crippen LogP contribution in [0.15, 0.2) is 42.9 Å². The predicted octanol–water partition coefficient (Wildman–Crippen LogP) is 3.22. The zero-order chi connectivity index (χ0) is 24.1. The van der Waals surface area contributed by atoms with E-state index in [4.69, 9.17) is 9.47 Å². The molecule has 1 N–H and O–H groups in total. The minimum Gasteiger partial charge on any atom is -0.455 e. The Bertz CT molecular complexity index is 1440. The zero-order valence-corrected chi connectivity index (χ0v) is 19.8. The summed E-state index contributed by atoms with van der Waals surface area (Å²) in [6, 6.07) is 7.45. The van der Waals surface area contributed by atoms with Crippen molar-refractivity contribution in [1.82, 2.24) is 24.2 Å². The number of carbonyl (C=O) groups is 2. The standard InChI is InChI=1S/C25H27N5O4/c1-14-10-17-11-18(7-9-28(17)22(14)24(31)26-4)34-20-6-8-27-30-12-19(15(2)23(20)30)25(32)29-13-21(33-5)16(29)3/h6-12,16,21H,13H2,1-5H3,(H,26,31)/t16-,21-/m1/s1. The topological polar surface area (TPSA) is 89.6 Å². The molecule has 1 fully saturated rings. The number of carbonyl (C=O) groups excluding carboxylic acids is 2. The van der Waals surface area contributed by atoms with Crippen LogP contribution in [0.5, 0.6) is 11.5 Å². The predicted molar refractivity (Wildman–Crippen MR) is 127 cm³/mol. The number of nitrogens with one attached hydrogen (secondary N) is 1. The molecule has 0 spiro atoms. The Morgan fingerprint density at radius 3 is 2.71 bits per heavy atom. The van der Waals surface area contributed by atoms with Gasteiger partial charge in [-0.15, -0.1) is 0 Å². The van der Waals surface area contributed by atoms with Crippen LogP contribution in [-0.2, 0) is 4.74 Å². The van der Waals surface area contributed by atoms with Crippen molar-refractivity contribution in [2.75, 3.05) is 20.7 Å². The van der Waals surface area contributed by atoms with Crippen molar-refractivity contribution in [1.29, 1.82) is 0 Å². The summed E-state index contributed by atoms with van der Waals surface area (Å²) in [7, 11) is 3.28. The molecule has 1 aliphatic heterocycles. The van der Waals surface area contributed by atoms with Crippen LogP contribution in [0, 0.1) is 13.8 Å². The Balaban J connectivity index is 1.48. The van der Waals surface area contributed by atoms with Crippen molar-refractivity contribution < 1.29 is 19.1 Å². The molecule has 2 atom stereocenters. The summed E-state index contributed by atoms with van der Waals surface area (Å²) in [6.07, 6.45) is 5.28. The Hall–Kier alpha value is -3.85. The molecule has 0 aliphatic carbocycles. The molecular formula is C25H27N5O4. The third-order valence-corrected chi connectivity index (χ3v) is 6.70. The number of ether oxygens (including phenoxy) is 2. The second-order valence-corrected chi connectivity index (χ2v) is 8.64. The van der Waals surface area contributed by atoms with Crippen LogP contribution >= 0.6 is 0 Å². The second kappa shape index (κ2) is 8.18. The molecule has 5 heterocycles. The molecule has 1 saturated heterocycles. The molecule has 0 radical (unpaired) electrons. The van der Waals surface area contributed by atoms with Crippen molar-refractivity contribution >= 4 is 22.8 Å². The molecule has 9 heteroatoms. The number of aryl methyl sites for hydroxylation is 2. The van der Waals surface area contributed by atoms with Gasteiger partial charge in [0.05, 0.1) is 23.9 Å². The smallest absolute Gasteiger partial charge is 0.268 e. The van der Waals surface area contributed by atoms with E-state index in [0.29, 0.717) is 29.3 Å². The lowest BCUT2D eigenvalue weighted by Gasteiger charge is -2.45. The number of hydrogen-bond acceptors (Lipinski definition) is 5. The van der Waals surface area contributed by atoms with Crippen LogP contribution in [0.1, 0.15) is 38.9 Å². The first kappa shape index (κ1) is 22.0. The molecule has 2 amide bonds. The maximum Gasteiger partial charge on any atom is 0.268 e. The number of nitrogens with zero attached hydrogens (tertiary/aromatic N) is 4. The lowest BCUT2D eigenvalue weighted by Crippen LogP contribution is -2.61. The summed E-state index contributed by atoms with van der Waals surface area (Å²) in [4.78, 5) is 27.2. The number of pyridine rings is 1. The minimum absolute atomic E-state index is 0.0282. The highest BCUT2D eigenvalue weighted by Crippen LogP contribution is 2.33. The van der Waals surface area contributed by atoms with E-state index in [-0.39, 0.29) is 24.0 Å². The number of likely N-dealkylation sites (tertiary alicyclic amines) is 1. The summed E-state index contributed by atoms with van der Waals surface area (Å²) in [5, 5.41) is 7.07. The van der Waals surface area contributed by atoms with Gasteiger partial charge in [0.15, 0.2) is 5.75 Å². The van der Waals surface area contributed by atoms with E-state index in [9.17, 15) is 9.59 Å². The normalized spacial score (nSPS) is 17.7. The fourth-order valence-electron chi connectivity index (χ4n) is 4.68. The van der Waals surface area contributed by atoms with Crippen LogP contribution in [-0.4, -0.2) is 63.6 Å². The average Bonchev–Trinajstić information content (AvgIpc) is 3.34. The van der Waals surface area contributed by atoms with E-state index >= 15 is 0 Å². The van der Waals surface area contributed by atoms with Gasteiger partial charge < -0.3 is 24.1 Å². The van der Waals surface area contributed by atoms with E-state index in [1.54, 1.807) is 37.1 Å². The van der Waals surface area contributed by atoms with Gasteiger partial charge >= 0.3 is 0 Å². The summed E-state index contributed by atoms with van der Waals surface area (Å²) in [5.74, 6) is 1.03. The first-order valence-electron chi connectivity index (χ1n) is 11.2. The van der Waals surface area contributed by atoms with E-state index < -0.39 is 0 Å². The average molecular weight is 462 g/mol. The van der Waals surface area contributed by atoms with Crippen molar-refractivity contribution in [2.45, 2.75) is 32.9 Å². The number of hydrogen-bond donors (Lipinski definition) is 1. The molecule has 0 bridgehead atoms. The van der Waals surface area contributed by atoms with Gasteiger partial charge in [0.1, 0.15) is 17.0 Å². The molecule has 0 saturated carbocycles. The Morgan fingerprint density at radius 2 is 2.00 bits per heavy atom. The Kier molecular flexibility index (Phi) is 5.28. The third kappa shape index (κ3) is 3.31. The molecule has 4 aromatic rings. The number of rotatable bonds is 5. The van der Waals surface area contributed by atoms with E-state index in [1.807, 2.05) is 54.5 Å². The Morgan fingerprint density at radius 1 is 1.21 bits per heavy atom. The molecule has 0 unspecified atom stereocenters. The molecule has 176 valence electrons. The fourth-order valence-corrected chi connectivity index (χ4v) is 4.68. The minimum atomic E-state index is -0.142. The van der Waals surface area contributed by atoms with Crippen LogP contribution < -0.4 is 10.1 Å². The van der Waals surface area contributed by atoms with Gasteiger partial charge in [0, 0.05) is 50.7 Å². The van der Waals surface area contributed by atoms with Crippen molar-refractivity contribution in [2.24, 2.45) is 0 Å². The zero-order valence-electron chi connectivity index (χ0n) is 19.8. The number of amides is 2. The van der Waals surface area contributed by atoms with Gasteiger partial charge in [-0.3, -0.25) is 9.59 Å². The van der Waals surface area contributed by atoms with Gasteiger partial charge in [-0.1, -0.05) is 0 Å². The lowest BCUT2D eigenvalue weighted by molar-refractivity contribution is -0.0593. The fraction of sp³-hybridized carbons (Fsp3) is 0.320. The third-order valence-electron chi connectivity index (χ3n) is 6.70. The summed E-state index contributed by atoms with van der Waals surface area (Å²) in [6.45, 7) is 6.38. The highest BCUT2D eigenvalue weighted by Gasteiger charge is 2.40. The number of fused-ring (bicyclic) bond motifs is 2. The van der Waals surface area contributed by atoms with Crippen LogP contribution in [0.2, 0.25) is 0 Å². The van der Waals surface area contributed by atoms with Crippen molar-refractivity contribution in [3.63, 3.8) is 0 Å². The highest BCUT2D eigenvalue weighted by atomic mass is 16.5. The number of methoxy groups -OCH3 is 1. The molecule has 5 rings (SSSR count). The largest absolute Gasteiger partial charge is 0.455 e. The molecule has 0 aromatic carbocycles. The van der Waals surface area contributed by atoms with Gasteiger partial charge in [-0.2, -0.15) is 5.10 Å². The van der Waals surface area contributed by atoms with E-state index in [1.165, 1.54) is 0 Å². The van der Waals surface area contributed by atoms with Gasteiger partial charge in [0.2, 0.25) is 0 Å². The van der Waals surface area contributed by atoms with E-state index in [0.717, 1.165) is 22.2 Å². The maximum absolute atomic E-state index is 13.2.